The molecule has 0 unspecified atom stereocenters. The van der Waals surface area contributed by atoms with Crippen molar-refractivity contribution in [1.82, 2.24) is 14.7 Å². The number of aromatic nitrogens is 1. The number of carbonyl (C=O) groups excluding carboxylic acids is 2. The topological polar surface area (TPSA) is 94.0 Å². The molecule has 4 heterocycles. The van der Waals surface area contributed by atoms with Crippen molar-refractivity contribution >= 4 is 46.5 Å². The molecule has 190 valence electrons. The smallest absolute Gasteiger partial charge is 0.340 e. The largest absolute Gasteiger partial charge is 0.351 e. The van der Waals surface area contributed by atoms with E-state index in [4.69, 9.17) is 28.9 Å². The first kappa shape index (κ1) is 26.0. The summed E-state index contributed by atoms with van der Waals surface area (Å²) < 4.78 is 0.634. The van der Waals surface area contributed by atoms with Gasteiger partial charge in [-0.25, -0.2) is 4.79 Å². The van der Waals surface area contributed by atoms with E-state index in [2.05, 4.69) is 17.2 Å². The second kappa shape index (κ2) is 10.5. The lowest BCUT2D eigenvalue weighted by Crippen LogP contribution is -2.58. The summed E-state index contributed by atoms with van der Waals surface area (Å²) in [6.07, 6.45) is 3.42. The van der Waals surface area contributed by atoms with Gasteiger partial charge >= 0.3 is 16.3 Å². The molecule has 35 heavy (non-hydrogen) atoms. The zero-order valence-corrected chi connectivity index (χ0v) is 22.4. The highest BCUT2D eigenvalue weighted by atomic mass is 35.5. The van der Waals surface area contributed by atoms with Gasteiger partial charge in [0.2, 0.25) is 0 Å². The number of halogens is 2. The highest BCUT2D eigenvalue weighted by Gasteiger charge is 2.41. The van der Waals surface area contributed by atoms with Crippen LogP contribution in [0.25, 0.3) is 0 Å². The van der Waals surface area contributed by atoms with Crippen molar-refractivity contribution in [2.24, 2.45) is 5.73 Å². The van der Waals surface area contributed by atoms with Crippen molar-refractivity contribution in [3.8, 4) is 0 Å². The Kier molecular flexibility index (Phi) is 7.80. The molecule has 11 heteroatoms. The molecule has 8 nitrogen and oxygen atoms in total. The van der Waals surface area contributed by atoms with Crippen LogP contribution in [0.3, 0.4) is 0 Å². The molecule has 0 aromatic carbocycles. The lowest BCUT2D eigenvalue weighted by atomic mass is 9.85. The summed E-state index contributed by atoms with van der Waals surface area (Å²) in [6, 6.07) is 3.33. The minimum absolute atomic E-state index is 0.0254. The molecule has 2 aromatic rings. The van der Waals surface area contributed by atoms with Gasteiger partial charge < -0.3 is 15.5 Å². The highest BCUT2D eigenvalue weighted by molar-refractivity contribution is 7.07. The number of urea groups is 1. The van der Waals surface area contributed by atoms with Crippen LogP contribution < -0.4 is 10.5 Å². The van der Waals surface area contributed by atoms with Crippen molar-refractivity contribution in [3.05, 3.63) is 49.9 Å². The van der Waals surface area contributed by atoms with Crippen LogP contribution in [0.2, 0.25) is 10.3 Å². The summed E-state index contributed by atoms with van der Waals surface area (Å²) in [5, 5.41) is 14.1. The van der Waals surface area contributed by atoms with E-state index in [-0.39, 0.29) is 39.4 Å². The van der Waals surface area contributed by atoms with Gasteiger partial charge in [-0.2, -0.15) is 11.3 Å². The molecule has 0 saturated carbocycles. The van der Waals surface area contributed by atoms with Crippen molar-refractivity contribution < 1.29 is 19.5 Å². The minimum atomic E-state index is -0.368. The van der Waals surface area contributed by atoms with Gasteiger partial charge in [0.15, 0.2) is 0 Å². The van der Waals surface area contributed by atoms with Crippen molar-refractivity contribution in [1.29, 1.82) is 0 Å². The average Bonchev–Trinajstić information content (AvgIpc) is 3.35. The zero-order valence-electron chi connectivity index (χ0n) is 20.0. The maximum Gasteiger partial charge on any atom is 0.340 e. The number of carbonyl (C=O) groups is 2. The van der Waals surface area contributed by atoms with Gasteiger partial charge in [-0.05, 0) is 90.7 Å². The SMILES string of the molecule is Cc1cc(Cl)[n+](O)c(Cl)c1C(=O)N1CCC(C)(N2CCC(N(Cc3ccsc3)C(N)=O)CC2)CC1. The van der Waals surface area contributed by atoms with Crippen LogP contribution in [0.15, 0.2) is 22.9 Å². The average molecular weight is 542 g/mol. The molecule has 2 fully saturated rings. The van der Waals surface area contributed by atoms with E-state index in [9.17, 15) is 14.8 Å². The number of rotatable bonds is 5. The van der Waals surface area contributed by atoms with E-state index in [1.165, 1.54) is 6.07 Å². The number of aryl methyl sites for hydroxylation is 1. The number of likely N-dealkylation sites (tertiary alicyclic amines) is 2. The van der Waals surface area contributed by atoms with Crippen LogP contribution in [-0.4, -0.2) is 69.6 Å². The van der Waals surface area contributed by atoms with Gasteiger partial charge in [0.25, 0.3) is 5.91 Å². The number of nitrogens with zero attached hydrogens (tertiary/aromatic N) is 4. The maximum absolute atomic E-state index is 13.2. The van der Waals surface area contributed by atoms with Crippen molar-refractivity contribution in [3.63, 3.8) is 0 Å². The van der Waals surface area contributed by atoms with Crippen LogP contribution in [0.5, 0.6) is 0 Å². The van der Waals surface area contributed by atoms with Crippen LogP contribution in [-0.2, 0) is 6.54 Å². The predicted octanol–water partition coefficient (Wildman–Crippen LogP) is 3.93. The molecule has 3 amide bonds. The number of nitrogens with two attached hydrogens (primary N) is 1. The van der Waals surface area contributed by atoms with E-state index in [1.54, 1.807) is 28.1 Å². The van der Waals surface area contributed by atoms with Gasteiger partial charge in [-0.1, -0.05) is 0 Å². The van der Waals surface area contributed by atoms with Crippen molar-refractivity contribution in [2.45, 2.75) is 57.7 Å². The monoisotopic (exact) mass is 540 g/mol. The predicted molar refractivity (Wildman–Crippen MR) is 136 cm³/mol. The quantitative estimate of drug-likeness (QED) is 0.341. The highest BCUT2D eigenvalue weighted by Crippen LogP contribution is 2.33. The Hall–Kier alpha value is -2.07. The van der Waals surface area contributed by atoms with Crippen molar-refractivity contribution in [2.75, 3.05) is 26.2 Å². The second-order valence-corrected chi connectivity index (χ2v) is 11.3. The molecule has 2 aliphatic rings. The zero-order chi connectivity index (χ0) is 25.3. The molecule has 0 radical (unpaired) electrons. The third-order valence-electron chi connectivity index (χ3n) is 7.55. The van der Waals surface area contributed by atoms with Crippen LogP contribution >= 0.6 is 34.5 Å². The van der Waals surface area contributed by atoms with Gasteiger partial charge in [-0.15, -0.1) is 0 Å². The molecule has 0 atom stereocenters. The summed E-state index contributed by atoms with van der Waals surface area (Å²) >= 11 is 13.8. The first-order valence-corrected chi connectivity index (χ1v) is 13.5. The summed E-state index contributed by atoms with van der Waals surface area (Å²) in [6.45, 7) is 7.55. The molecular formula is C24H32Cl2N5O3S+. The number of hydrogen-bond acceptors (Lipinski definition) is 5. The number of piperidine rings is 2. The number of primary amides is 1. The molecule has 0 spiro atoms. The fraction of sp³-hybridized carbons (Fsp3) is 0.542. The fourth-order valence-electron chi connectivity index (χ4n) is 5.28. The summed E-state index contributed by atoms with van der Waals surface area (Å²) in [5.41, 5.74) is 7.72. The Morgan fingerprint density at radius 2 is 1.91 bits per heavy atom. The molecule has 2 saturated heterocycles. The normalized spacial score (nSPS) is 19.0. The summed E-state index contributed by atoms with van der Waals surface area (Å²) in [5.74, 6) is -0.196. The Morgan fingerprint density at radius 3 is 2.49 bits per heavy atom. The Balaban J connectivity index is 1.36. The number of amides is 3. The molecule has 4 rings (SSSR count). The van der Waals surface area contributed by atoms with E-state index in [0.29, 0.717) is 29.9 Å². The Morgan fingerprint density at radius 1 is 1.26 bits per heavy atom. The van der Waals surface area contributed by atoms with E-state index >= 15 is 0 Å². The Labute approximate surface area is 219 Å². The minimum Gasteiger partial charge on any atom is -0.351 e. The molecule has 0 aliphatic carbocycles. The van der Waals surface area contributed by atoms with E-state index < -0.39 is 0 Å². The van der Waals surface area contributed by atoms with E-state index in [0.717, 1.165) is 44.3 Å². The fourth-order valence-corrected chi connectivity index (χ4v) is 6.55. The second-order valence-electron chi connectivity index (χ2n) is 9.73. The van der Waals surface area contributed by atoms with Crippen LogP contribution in [0.1, 0.15) is 54.1 Å². The molecule has 2 aromatic heterocycles. The third kappa shape index (κ3) is 5.38. The Bertz CT molecular complexity index is 1080. The standard InChI is InChI=1S/C24H31Cl2N5O3S/c1-16-13-19(25)31(34)21(26)20(16)22(32)28-10-6-24(2,7-11-28)29-8-3-18(4-9-29)30(23(27)33)14-17-5-12-35-15-17/h5,12-13,15,18H,3-4,6-11,14H2,1-2H3,(H2-,27,33,34)/p+1. The van der Waals surface area contributed by atoms with E-state index in [1.807, 2.05) is 11.4 Å². The summed E-state index contributed by atoms with van der Waals surface area (Å²) in [7, 11) is 0. The molecule has 3 N–H and O–H groups in total. The maximum atomic E-state index is 13.2. The number of hydrogen-bond donors (Lipinski definition) is 2. The van der Waals surface area contributed by atoms with Gasteiger partial charge in [-0.3, -0.25) is 14.9 Å². The number of thiophene rings is 1. The van der Waals surface area contributed by atoms with Crippen LogP contribution in [0.4, 0.5) is 4.79 Å². The molecule has 2 aliphatic heterocycles. The third-order valence-corrected chi connectivity index (χ3v) is 8.90. The number of pyridine rings is 1. The lowest BCUT2D eigenvalue weighted by molar-refractivity contribution is -0.901. The molecule has 0 bridgehead atoms. The van der Waals surface area contributed by atoms with Gasteiger partial charge in [0.1, 0.15) is 5.56 Å². The van der Waals surface area contributed by atoms with Gasteiger partial charge in [0.05, 0.1) is 0 Å². The first-order valence-electron chi connectivity index (χ1n) is 11.8. The van der Waals surface area contributed by atoms with Gasteiger partial charge in [0, 0.05) is 55.1 Å². The summed E-state index contributed by atoms with van der Waals surface area (Å²) in [4.78, 5) is 31.5. The first-order chi connectivity index (χ1) is 16.6. The molecular weight excluding hydrogens is 509 g/mol. The van der Waals surface area contributed by atoms with Crippen LogP contribution in [0, 0.1) is 6.92 Å². The lowest BCUT2D eigenvalue weighted by Gasteiger charge is -2.50.